The molecular formula is C16H12ClN5O2. The number of benzene rings is 2. The van der Waals surface area contributed by atoms with Crippen LogP contribution in [0.5, 0.6) is 5.75 Å². The second-order valence-electron chi connectivity index (χ2n) is 5.17. The molecule has 0 amide bonds. The third-order valence-electron chi connectivity index (χ3n) is 3.51. The zero-order valence-corrected chi connectivity index (χ0v) is 13.4. The summed E-state index contributed by atoms with van der Waals surface area (Å²) in [5.41, 5.74) is 2.52. The number of halogens is 1. The second-order valence-corrected chi connectivity index (χ2v) is 5.61. The lowest BCUT2D eigenvalue weighted by Crippen LogP contribution is -1.95. The van der Waals surface area contributed by atoms with Crippen molar-refractivity contribution in [3.63, 3.8) is 0 Å². The molecule has 0 saturated carbocycles. The normalized spacial score (nSPS) is 11.1. The molecular weight excluding hydrogens is 330 g/mol. The highest BCUT2D eigenvalue weighted by Crippen LogP contribution is 2.21. The van der Waals surface area contributed by atoms with Crippen LogP contribution in [-0.4, -0.2) is 25.1 Å². The highest BCUT2D eigenvalue weighted by molar-refractivity contribution is 6.30. The number of hydrogen-bond donors (Lipinski definition) is 0. The quantitative estimate of drug-likeness (QED) is 0.567. The summed E-state index contributed by atoms with van der Waals surface area (Å²) in [6.07, 6.45) is 0. The Kier molecular flexibility index (Phi) is 3.62. The maximum Gasteiger partial charge on any atom is 0.264 e. The fraction of sp³-hybridized carbons (Fsp3) is 0.125. The van der Waals surface area contributed by atoms with Crippen molar-refractivity contribution in [3.8, 4) is 17.1 Å². The number of nitrogens with zero attached hydrogens (tertiary/aromatic N) is 5. The summed E-state index contributed by atoms with van der Waals surface area (Å²) >= 11 is 5.84. The van der Waals surface area contributed by atoms with Crippen LogP contribution in [0.4, 0.5) is 0 Å². The molecule has 0 spiro atoms. The van der Waals surface area contributed by atoms with Gasteiger partial charge in [-0.05, 0) is 42.5 Å². The van der Waals surface area contributed by atoms with Crippen LogP contribution >= 0.6 is 11.6 Å². The van der Waals surface area contributed by atoms with Crippen molar-refractivity contribution in [2.75, 3.05) is 0 Å². The van der Waals surface area contributed by atoms with Crippen molar-refractivity contribution in [1.82, 2.24) is 25.1 Å². The Bertz CT molecular complexity index is 993. The van der Waals surface area contributed by atoms with Crippen molar-refractivity contribution >= 4 is 22.6 Å². The predicted octanol–water partition coefficient (Wildman–Crippen LogP) is 3.25. The Hall–Kier alpha value is -2.93. The van der Waals surface area contributed by atoms with E-state index in [-0.39, 0.29) is 6.61 Å². The van der Waals surface area contributed by atoms with Gasteiger partial charge in [0.25, 0.3) is 5.89 Å². The van der Waals surface area contributed by atoms with Crippen molar-refractivity contribution in [2.24, 2.45) is 7.05 Å². The summed E-state index contributed by atoms with van der Waals surface area (Å²) in [5.74, 6) is 1.55. The van der Waals surface area contributed by atoms with E-state index in [2.05, 4.69) is 20.5 Å². The van der Waals surface area contributed by atoms with E-state index in [0.717, 1.165) is 16.6 Å². The molecule has 8 heteroatoms. The van der Waals surface area contributed by atoms with Crippen LogP contribution in [0.1, 0.15) is 5.89 Å². The van der Waals surface area contributed by atoms with Gasteiger partial charge in [-0.3, -0.25) is 0 Å². The number of fused-ring (bicyclic) bond motifs is 1. The monoisotopic (exact) mass is 341 g/mol. The fourth-order valence-corrected chi connectivity index (χ4v) is 2.41. The van der Waals surface area contributed by atoms with Crippen LogP contribution in [0.3, 0.4) is 0 Å². The predicted molar refractivity (Wildman–Crippen MR) is 87.6 cm³/mol. The molecule has 2 aromatic carbocycles. The summed E-state index contributed by atoms with van der Waals surface area (Å²) in [4.78, 5) is 4.34. The standard InChI is InChI=1S/C16H12ClN5O2/c1-22-14-7-2-10(8-13(14)19-21-22)16-18-15(24-20-16)9-23-12-5-3-11(17)4-6-12/h2-8H,9H2,1H3. The Morgan fingerprint density at radius 1 is 1.17 bits per heavy atom. The highest BCUT2D eigenvalue weighted by atomic mass is 35.5. The molecule has 4 rings (SSSR count). The van der Waals surface area contributed by atoms with Gasteiger partial charge in [-0.15, -0.1) is 5.10 Å². The minimum absolute atomic E-state index is 0.183. The van der Waals surface area contributed by atoms with Gasteiger partial charge in [-0.1, -0.05) is 22.0 Å². The topological polar surface area (TPSA) is 78.9 Å². The van der Waals surface area contributed by atoms with E-state index >= 15 is 0 Å². The molecule has 0 aliphatic carbocycles. The van der Waals surface area contributed by atoms with Gasteiger partial charge in [0.15, 0.2) is 6.61 Å². The van der Waals surface area contributed by atoms with Gasteiger partial charge < -0.3 is 9.26 Å². The second kappa shape index (κ2) is 5.93. The van der Waals surface area contributed by atoms with Gasteiger partial charge in [0.1, 0.15) is 11.3 Å². The molecule has 0 saturated heterocycles. The van der Waals surface area contributed by atoms with Gasteiger partial charge in [0.05, 0.1) is 5.52 Å². The average Bonchev–Trinajstić information content (AvgIpc) is 3.21. The maximum absolute atomic E-state index is 5.84. The van der Waals surface area contributed by atoms with Crippen LogP contribution in [0, 0.1) is 0 Å². The summed E-state index contributed by atoms with van der Waals surface area (Å²) in [6, 6.07) is 12.8. The zero-order chi connectivity index (χ0) is 16.5. The van der Waals surface area contributed by atoms with Crippen LogP contribution in [0.2, 0.25) is 5.02 Å². The van der Waals surface area contributed by atoms with E-state index in [9.17, 15) is 0 Å². The molecule has 7 nitrogen and oxygen atoms in total. The van der Waals surface area contributed by atoms with E-state index < -0.39 is 0 Å². The first-order valence-corrected chi connectivity index (χ1v) is 7.57. The van der Waals surface area contributed by atoms with Crippen molar-refractivity contribution < 1.29 is 9.26 Å². The van der Waals surface area contributed by atoms with Crippen molar-refractivity contribution in [3.05, 3.63) is 53.4 Å². The first-order chi connectivity index (χ1) is 11.7. The Labute approximate surface area is 141 Å². The van der Waals surface area contributed by atoms with E-state index in [1.165, 1.54) is 0 Å². The lowest BCUT2D eigenvalue weighted by Gasteiger charge is -2.02. The molecule has 2 aromatic heterocycles. The SMILES string of the molecule is Cn1nnc2cc(-c3noc(COc4ccc(Cl)cc4)n3)ccc21. The molecule has 0 bridgehead atoms. The molecule has 120 valence electrons. The van der Waals surface area contributed by atoms with E-state index in [1.807, 2.05) is 25.2 Å². The lowest BCUT2D eigenvalue weighted by molar-refractivity contribution is 0.243. The van der Waals surface area contributed by atoms with Gasteiger partial charge in [0, 0.05) is 17.6 Å². The molecule has 0 aliphatic rings. The van der Waals surface area contributed by atoms with Crippen LogP contribution in [-0.2, 0) is 13.7 Å². The number of aryl methyl sites for hydroxylation is 1. The number of rotatable bonds is 4. The molecule has 2 heterocycles. The summed E-state index contributed by atoms with van der Waals surface area (Å²) in [5, 5.41) is 12.7. The van der Waals surface area contributed by atoms with Crippen LogP contribution in [0.25, 0.3) is 22.4 Å². The largest absolute Gasteiger partial charge is 0.484 e. The number of aromatic nitrogens is 5. The summed E-state index contributed by atoms with van der Waals surface area (Å²) in [7, 11) is 1.84. The Balaban J connectivity index is 1.51. The van der Waals surface area contributed by atoms with Crippen LogP contribution < -0.4 is 4.74 Å². The lowest BCUT2D eigenvalue weighted by atomic mass is 10.2. The average molecular weight is 342 g/mol. The van der Waals surface area contributed by atoms with Gasteiger partial charge in [-0.2, -0.15) is 4.98 Å². The molecule has 0 atom stereocenters. The molecule has 0 radical (unpaired) electrons. The van der Waals surface area contributed by atoms with Crippen LogP contribution in [0.15, 0.2) is 47.0 Å². The third kappa shape index (κ3) is 2.81. The third-order valence-corrected chi connectivity index (χ3v) is 3.76. The molecule has 0 fully saturated rings. The van der Waals surface area contributed by atoms with Gasteiger partial charge in [0.2, 0.25) is 5.82 Å². The van der Waals surface area contributed by atoms with E-state index in [1.54, 1.807) is 28.9 Å². The van der Waals surface area contributed by atoms with Crippen molar-refractivity contribution in [1.29, 1.82) is 0 Å². The number of hydrogen-bond acceptors (Lipinski definition) is 6. The Morgan fingerprint density at radius 2 is 2.00 bits per heavy atom. The molecule has 24 heavy (non-hydrogen) atoms. The van der Waals surface area contributed by atoms with E-state index in [4.69, 9.17) is 20.9 Å². The van der Waals surface area contributed by atoms with E-state index in [0.29, 0.717) is 22.5 Å². The summed E-state index contributed by atoms with van der Waals surface area (Å²) in [6.45, 7) is 0.183. The minimum Gasteiger partial charge on any atom is -0.484 e. The molecule has 4 aromatic rings. The fourth-order valence-electron chi connectivity index (χ4n) is 2.29. The van der Waals surface area contributed by atoms with Gasteiger partial charge >= 0.3 is 0 Å². The molecule has 0 N–H and O–H groups in total. The minimum atomic E-state index is 0.183. The Morgan fingerprint density at radius 3 is 2.83 bits per heavy atom. The van der Waals surface area contributed by atoms with Gasteiger partial charge in [-0.25, -0.2) is 4.68 Å². The maximum atomic E-state index is 5.84. The summed E-state index contributed by atoms with van der Waals surface area (Å²) < 4.78 is 12.5. The highest BCUT2D eigenvalue weighted by Gasteiger charge is 2.11. The molecule has 0 aliphatic heterocycles. The first-order valence-electron chi connectivity index (χ1n) is 7.20. The zero-order valence-electron chi connectivity index (χ0n) is 12.7. The molecule has 0 unspecified atom stereocenters. The van der Waals surface area contributed by atoms with Crippen molar-refractivity contribution in [2.45, 2.75) is 6.61 Å². The smallest absolute Gasteiger partial charge is 0.264 e. The number of ether oxygens (including phenoxy) is 1. The first kappa shape index (κ1) is 14.6.